The van der Waals surface area contributed by atoms with Crippen molar-refractivity contribution >= 4 is 10.0 Å². The van der Waals surface area contributed by atoms with Crippen molar-refractivity contribution in [2.45, 2.75) is 55.0 Å². The average molecular weight is 532 g/mol. The van der Waals surface area contributed by atoms with Crippen molar-refractivity contribution in [3.8, 4) is 0 Å². The second-order valence-electron chi connectivity index (χ2n) is 9.56. The minimum atomic E-state index is -3.90. The molecule has 5 rings (SSSR count). The normalized spacial score (nSPS) is 27.5. The molecule has 2 fully saturated rings. The number of H-pyrrole nitrogens is 1. The van der Waals surface area contributed by atoms with Crippen LogP contribution in [0.2, 0.25) is 0 Å². The van der Waals surface area contributed by atoms with E-state index in [0.717, 1.165) is 12.1 Å². The van der Waals surface area contributed by atoms with Gasteiger partial charge in [0.1, 0.15) is 16.9 Å². The van der Waals surface area contributed by atoms with Crippen LogP contribution in [0.25, 0.3) is 0 Å². The summed E-state index contributed by atoms with van der Waals surface area (Å²) in [6.07, 6.45) is 2.66. The highest BCUT2D eigenvalue weighted by molar-refractivity contribution is 7.89. The van der Waals surface area contributed by atoms with Crippen LogP contribution in [-0.2, 0) is 26.7 Å². The van der Waals surface area contributed by atoms with Crippen molar-refractivity contribution in [1.82, 2.24) is 14.5 Å². The van der Waals surface area contributed by atoms with Crippen molar-refractivity contribution in [1.29, 1.82) is 0 Å². The third-order valence-corrected chi connectivity index (χ3v) is 9.82. The summed E-state index contributed by atoms with van der Waals surface area (Å²) < 4.78 is 70.0. The molecule has 3 aromatic rings. The van der Waals surface area contributed by atoms with Crippen molar-refractivity contribution in [3.05, 3.63) is 99.9 Å². The monoisotopic (exact) mass is 531 g/mol. The molecule has 1 saturated heterocycles. The fourth-order valence-corrected chi connectivity index (χ4v) is 7.64. The maximum absolute atomic E-state index is 15.6. The van der Waals surface area contributed by atoms with Crippen LogP contribution in [0.15, 0.2) is 64.3 Å². The molecule has 0 spiro atoms. The van der Waals surface area contributed by atoms with Crippen molar-refractivity contribution in [3.63, 3.8) is 0 Å². The van der Waals surface area contributed by atoms with Crippen molar-refractivity contribution in [2.75, 3.05) is 7.11 Å². The molecular weight excluding hydrogens is 504 g/mol. The molecule has 2 heterocycles. The Morgan fingerprint density at radius 1 is 1.22 bits per heavy atom. The minimum Gasteiger partial charge on any atom is -0.391 e. The first-order valence-corrected chi connectivity index (χ1v) is 13.5. The van der Waals surface area contributed by atoms with E-state index in [9.17, 15) is 13.2 Å². The Morgan fingerprint density at radius 3 is 2.57 bits per heavy atom. The number of aromatic amines is 1. The molecule has 0 amide bonds. The van der Waals surface area contributed by atoms with E-state index in [0.29, 0.717) is 18.4 Å². The Hall–Kier alpha value is -3.15. The zero-order valence-corrected chi connectivity index (χ0v) is 21.0. The molecular formula is C26H27F2N3O5S. The second kappa shape index (κ2) is 9.62. The summed E-state index contributed by atoms with van der Waals surface area (Å²) in [4.78, 5) is 11.6. The molecule has 1 aliphatic heterocycles. The molecule has 1 saturated carbocycles. The van der Waals surface area contributed by atoms with E-state index in [1.165, 1.54) is 17.5 Å². The number of methoxy groups -OCH3 is 1. The van der Waals surface area contributed by atoms with Crippen LogP contribution in [0.1, 0.15) is 53.5 Å². The number of ether oxygens (including phenoxy) is 1. The van der Waals surface area contributed by atoms with Gasteiger partial charge in [-0.15, -0.1) is 11.7 Å². The lowest BCUT2D eigenvalue weighted by molar-refractivity contribution is -0.0138. The number of rotatable bonds is 7. The van der Waals surface area contributed by atoms with Gasteiger partial charge in [0, 0.05) is 30.8 Å². The average Bonchev–Trinajstić information content (AvgIpc) is 3.29. The lowest BCUT2D eigenvalue weighted by Gasteiger charge is -2.44. The summed E-state index contributed by atoms with van der Waals surface area (Å²) >= 11 is 0. The van der Waals surface area contributed by atoms with Gasteiger partial charge in [-0.3, -0.25) is 0 Å². The summed E-state index contributed by atoms with van der Waals surface area (Å²) in [6, 6.07) is 10.4. The number of benzene rings is 2. The molecule has 37 heavy (non-hydrogen) atoms. The molecule has 11 heteroatoms. The first kappa shape index (κ1) is 25.5. The van der Waals surface area contributed by atoms with Crippen LogP contribution in [0, 0.1) is 11.6 Å². The molecule has 2 aliphatic rings. The van der Waals surface area contributed by atoms with E-state index in [-0.39, 0.29) is 42.5 Å². The number of hydrogen-bond acceptors (Lipinski definition) is 6. The molecule has 196 valence electrons. The van der Waals surface area contributed by atoms with E-state index >= 15 is 8.78 Å². The largest absolute Gasteiger partial charge is 0.434 e. The highest BCUT2D eigenvalue weighted by Crippen LogP contribution is 2.50. The van der Waals surface area contributed by atoms with E-state index < -0.39 is 44.1 Å². The maximum atomic E-state index is 15.6. The summed E-state index contributed by atoms with van der Waals surface area (Å²) in [5, 5.41) is 5.25. The molecule has 0 bridgehead atoms. The standard InChI is InChI=1S/C26H27F2N3O5S/c1-3-18-9-10-23(16-7-5-4-6-8-16)37(33,34)31(18)15-17-11-22(28)20(12-21(17)27)26(13-19(14-26)35-2)24-29-30-25(32)36-24/h3-8,11-12,18-19,23H,1,9-10,13-15H2,2H3,(H,30,32)/t18-,19?,23+,26?/m0/s1. The number of aromatic nitrogens is 2. The first-order chi connectivity index (χ1) is 17.7. The number of sulfonamides is 1. The molecule has 1 aromatic heterocycles. The summed E-state index contributed by atoms with van der Waals surface area (Å²) in [6.45, 7) is 3.41. The van der Waals surface area contributed by atoms with Gasteiger partial charge >= 0.3 is 5.76 Å². The SMILES string of the molecule is C=C[C@H]1CC[C@H](c2ccccc2)S(=O)(=O)N1Cc1cc(F)c(C2(c3n[nH]c(=O)o3)CC(OC)C2)cc1F. The number of nitrogens with one attached hydrogen (secondary N) is 1. The highest BCUT2D eigenvalue weighted by atomic mass is 32.2. The van der Waals surface area contributed by atoms with Crippen LogP contribution in [0.3, 0.4) is 0 Å². The molecule has 2 atom stereocenters. The van der Waals surface area contributed by atoms with Crippen LogP contribution in [-0.4, -0.2) is 42.2 Å². The smallest absolute Gasteiger partial charge is 0.391 e. The topological polar surface area (TPSA) is 106 Å². The van der Waals surface area contributed by atoms with Crippen LogP contribution >= 0.6 is 0 Å². The van der Waals surface area contributed by atoms with Gasteiger partial charge in [-0.2, -0.15) is 4.31 Å². The van der Waals surface area contributed by atoms with Crippen molar-refractivity contribution in [2.24, 2.45) is 0 Å². The lowest BCUT2D eigenvalue weighted by Crippen LogP contribution is -2.47. The molecule has 8 nitrogen and oxygen atoms in total. The first-order valence-electron chi connectivity index (χ1n) is 11.9. The Balaban J connectivity index is 1.50. The summed E-state index contributed by atoms with van der Waals surface area (Å²) in [5.41, 5.74) is -0.660. The van der Waals surface area contributed by atoms with Crippen LogP contribution in [0.5, 0.6) is 0 Å². The van der Waals surface area contributed by atoms with Gasteiger partial charge in [0.25, 0.3) is 0 Å². The van der Waals surface area contributed by atoms with Gasteiger partial charge in [0.2, 0.25) is 15.9 Å². The van der Waals surface area contributed by atoms with E-state index in [4.69, 9.17) is 9.15 Å². The van der Waals surface area contributed by atoms with Gasteiger partial charge in [-0.1, -0.05) is 36.4 Å². The number of nitrogens with zero attached hydrogens (tertiary/aromatic N) is 2. The van der Waals surface area contributed by atoms with Gasteiger partial charge in [0.05, 0.1) is 11.5 Å². The van der Waals surface area contributed by atoms with Gasteiger partial charge < -0.3 is 9.15 Å². The summed E-state index contributed by atoms with van der Waals surface area (Å²) in [5.74, 6) is -2.37. The predicted molar refractivity (Wildman–Crippen MR) is 131 cm³/mol. The maximum Gasteiger partial charge on any atom is 0.434 e. The Labute approximate surface area is 213 Å². The second-order valence-corrected chi connectivity index (χ2v) is 11.6. The fraction of sp³-hybridized carbons (Fsp3) is 0.385. The Kier molecular flexibility index (Phi) is 6.63. The molecule has 1 aliphatic carbocycles. The zero-order valence-electron chi connectivity index (χ0n) is 20.2. The minimum absolute atomic E-state index is 0.0266. The van der Waals surface area contributed by atoms with Crippen LogP contribution in [0.4, 0.5) is 8.78 Å². The Bertz CT molecular complexity index is 1460. The highest BCUT2D eigenvalue weighted by Gasteiger charge is 2.53. The van der Waals surface area contributed by atoms with Crippen LogP contribution < -0.4 is 5.76 Å². The van der Waals surface area contributed by atoms with Gasteiger partial charge in [-0.25, -0.2) is 27.1 Å². The van der Waals surface area contributed by atoms with Crippen molar-refractivity contribution < 1.29 is 26.4 Å². The van der Waals surface area contributed by atoms with Gasteiger partial charge in [-0.05, 0) is 43.4 Å². The third-order valence-electron chi connectivity index (χ3n) is 7.54. The van der Waals surface area contributed by atoms with E-state index in [1.54, 1.807) is 30.3 Å². The predicted octanol–water partition coefficient (Wildman–Crippen LogP) is 3.96. The molecule has 2 aromatic carbocycles. The third kappa shape index (κ3) is 4.34. The van der Waals surface area contributed by atoms with Gasteiger partial charge in [0.15, 0.2) is 0 Å². The molecule has 1 N–H and O–H groups in total. The van der Waals surface area contributed by atoms with E-state index in [1.807, 2.05) is 0 Å². The summed E-state index contributed by atoms with van der Waals surface area (Å²) in [7, 11) is -2.39. The molecule has 0 unspecified atom stereocenters. The number of hydrogen-bond donors (Lipinski definition) is 1. The molecule has 0 radical (unpaired) electrons. The quantitative estimate of drug-likeness (QED) is 0.463. The zero-order chi connectivity index (χ0) is 26.4. The fourth-order valence-electron chi connectivity index (χ4n) is 5.49. The lowest BCUT2D eigenvalue weighted by atomic mass is 9.62. The number of halogens is 2. The van der Waals surface area contributed by atoms with E-state index in [2.05, 4.69) is 16.8 Å². The Morgan fingerprint density at radius 2 is 1.95 bits per heavy atom.